The van der Waals surface area contributed by atoms with Gasteiger partial charge in [0.2, 0.25) is 0 Å². The van der Waals surface area contributed by atoms with Crippen LogP contribution in [0.1, 0.15) is 24.0 Å². The second-order valence-corrected chi connectivity index (χ2v) is 5.58. The van der Waals surface area contributed by atoms with Crippen LogP contribution in [-0.2, 0) is 6.18 Å². The maximum Gasteiger partial charge on any atom is 0.417 e. The molecule has 1 heterocycles. The van der Waals surface area contributed by atoms with Crippen molar-refractivity contribution in [2.75, 3.05) is 16.8 Å². The van der Waals surface area contributed by atoms with Crippen LogP contribution in [0.15, 0.2) is 18.2 Å². The number of nitrogens with zero attached hydrogens (tertiary/aromatic N) is 1. The normalized spacial score (nSPS) is 19.8. The molecule has 1 aromatic carbocycles. The lowest BCUT2D eigenvalue weighted by Crippen LogP contribution is -2.25. The topological polar surface area (TPSA) is 35.8 Å². The fourth-order valence-corrected chi connectivity index (χ4v) is 3.14. The van der Waals surface area contributed by atoms with E-state index in [1.165, 1.54) is 12.1 Å². The van der Waals surface area contributed by atoms with E-state index in [0.29, 0.717) is 5.69 Å². The Bertz CT molecular complexity index is 488. The number of nitrogens with one attached hydrogen (secondary N) is 1. The molecule has 1 atom stereocenters. The summed E-state index contributed by atoms with van der Waals surface area (Å²) >= 11 is 1.83. The maximum absolute atomic E-state index is 12.7. The van der Waals surface area contributed by atoms with Gasteiger partial charge in [0.05, 0.1) is 17.2 Å². The van der Waals surface area contributed by atoms with Gasteiger partial charge in [0.1, 0.15) is 0 Å². The molecule has 1 unspecified atom stereocenters. The van der Waals surface area contributed by atoms with Crippen molar-refractivity contribution in [1.29, 1.82) is 5.26 Å². The Labute approximate surface area is 114 Å². The van der Waals surface area contributed by atoms with Gasteiger partial charge >= 0.3 is 6.18 Å². The van der Waals surface area contributed by atoms with Crippen LogP contribution in [0.2, 0.25) is 0 Å². The molecule has 0 radical (unpaired) electrons. The minimum absolute atomic E-state index is 0.266. The van der Waals surface area contributed by atoms with Crippen molar-refractivity contribution < 1.29 is 13.2 Å². The van der Waals surface area contributed by atoms with E-state index in [-0.39, 0.29) is 11.6 Å². The van der Waals surface area contributed by atoms with Gasteiger partial charge in [-0.3, -0.25) is 0 Å². The Morgan fingerprint density at radius 1 is 1.37 bits per heavy atom. The Morgan fingerprint density at radius 2 is 2.16 bits per heavy atom. The Morgan fingerprint density at radius 3 is 2.74 bits per heavy atom. The van der Waals surface area contributed by atoms with Crippen LogP contribution in [0.25, 0.3) is 0 Å². The number of alkyl halides is 3. The maximum atomic E-state index is 12.7. The smallest absolute Gasteiger partial charge is 0.381 e. The summed E-state index contributed by atoms with van der Waals surface area (Å²) in [5.74, 6) is 2.08. The monoisotopic (exact) mass is 286 g/mol. The number of thioether (sulfide) groups is 1. The van der Waals surface area contributed by atoms with Gasteiger partial charge in [0.15, 0.2) is 0 Å². The average Bonchev–Trinajstić information content (AvgIpc) is 2.38. The lowest BCUT2D eigenvalue weighted by atomic mass is 10.1. The lowest BCUT2D eigenvalue weighted by Gasteiger charge is -2.24. The minimum Gasteiger partial charge on any atom is -0.381 e. The number of hydrogen-bond donors (Lipinski definition) is 1. The molecule has 1 saturated heterocycles. The molecule has 1 aliphatic heterocycles. The molecule has 2 rings (SSSR count). The van der Waals surface area contributed by atoms with E-state index in [9.17, 15) is 13.2 Å². The highest BCUT2D eigenvalue weighted by molar-refractivity contribution is 7.99. The van der Waals surface area contributed by atoms with Crippen LogP contribution in [0.4, 0.5) is 18.9 Å². The summed E-state index contributed by atoms with van der Waals surface area (Å²) in [4.78, 5) is 0. The molecule has 0 saturated carbocycles. The van der Waals surface area contributed by atoms with Gasteiger partial charge in [-0.2, -0.15) is 30.2 Å². The highest BCUT2D eigenvalue weighted by Crippen LogP contribution is 2.33. The first-order valence-electron chi connectivity index (χ1n) is 5.96. The summed E-state index contributed by atoms with van der Waals surface area (Å²) in [6, 6.07) is 5.52. The Kier molecular flexibility index (Phi) is 4.25. The van der Waals surface area contributed by atoms with Crippen molar-refractivity contribution in [3.63, 3.8) is 0 Å². The summed E-state index contributed by atoms with van der Waals surface area (Å²) in [6.07, 6.45) is -2.37. The van der Waals surface area contributed by atoms with E-state index < -0.39 is 11.7 Å². The molecule has 102 valence electrons. The first-order chi connectivity index (χ1) is 9.00. The lowest BCUT2D eigenvalue weighted by molar-refractivity contribution is -0.137. The van der Waals surface area contributed by atoms with Gasteiger partial charge < -0.3 is 5.32 Å². The molecule has 0 aromatic heterocycles. The van der Waals surface area contributed by atoms with Crippen molar-refractivity contribution in [2.24, 2.45) is 0 Å². The summed E-state index contributed by atoms with van der Waals surface area (Å²) in [6.45, 7) is 0. The average molecular weight is 286 g/mol. The van der Waals surface area contributed by atoms with Crippen LogP contribution in [-0.4, -0.2) is 17.5 Å². The summed E-state index contributed by atoms with van der Waals surface area (Å²) in [5.41, 5.74) is -0.628. The third-order valence-electron chi connectivity index (χ3n) is 2.98. The molecule has 0 amide bonds. The molecular weight excluding hydrogens is 273 g/mol. The van der Waals surface area contributed by atoms with Gasteiger partial charge in [-0.25, -0.2) is 0 Å². The second kappa shape index (κ2) is 5.74. The van der Waals surface area contributed by atoms with Gasteiger partial charge in [-0.15, -0.1) is 0 Å². The number of nitriles is 1. The van der Waals surface area contributed by atoms with Gasteiger partial charge in [-0.1, -0.05) is 0 Å². The van der Waals surface area contributed by atoms with Crippen LogP contribution in [0.5, 0.6) is 0 Å². The number of rotatable bonds is 2. The van der Waals surface area contributed by atoms with Crippen LogP contribution in [0, 0.1) is 11.3 Å². The standard InChI is InChI=1S/C13H13F3N2S/c14-13(15,16)12-4-3-10(6-9(12)7-17)18-11-2-1-5-19-8-11/h3-4,6,11,18H,1-2,5,8H2. The highest BCUT2D eigenvalue weighted by Gasteiger charge is 2.33. The van der Waals surface area contributed by atoms with Crippen molar-refractivity contribution in [2.45, 2.75) is 25.1 Å². The molecule has 2 nitrogen and oxygen atoms in total. The van der Waals surface area contributed by atoms with Crippen molar-refractivity contribution in [3.05, 3.63) is 29.3 Å². The molecule has 19 heavy (non-hydrogen) atoms. The third-order valence-corrected chi connectivity index (χ3v) is 4.19. The molecular formula is C13H13F3N2S. The third kappa shape index (κ3) is 3.57. The molecule has 1 fully saturated rings. The van der Waals surface area contributed by atoms with Gasteiger partial charge in [0.25, 0.3) is 0 Å². The van der Waals surface area contributed by atoms with Crippen LogP contribution >= 0.6 is 11.8 Å². The largest absolute Gasteiger partial charge is 0.417 e. The van der Waals surface area contributed by atoms with E-state index in [0.717, 1.165) is 30.4 Å². The number of benzene rings is 1. The van der Waals surface area contributed by atoms with Gasteiger partial charge in [-0.05, 0) is 36.8 Å². The zero-order valence-electron chi connectivity index (χ0n) is 10.1. The zero-order valence-corrected chi connectivity index (χ0v) is 10.9. The van der Waals surface area contributed by atoms with Gasteiger partial charge in [0, 0.05) is 17.5 Å². The van der Waals surface area contributed by atoms with Crippen molar-refractivity contribution in [3.8, 4) is 6.07 Å². The van der Waals surface area contributed by atoms with E-state index in [4.69, 9.17) is 5.26 Å². The number of anilines is 1. The SMILES string of the molecule is N#Cc1cc(NC2CCCSC2)ccc1C(F)(F)F. The quantitative estimate of drug-likeness (QED) is 0.896. The van der Waals surface area contributed by atoms with E-state index >= 15 is 0 Å². The van der Waals surface area contributed by atoms with Crippen LogP contribution < -0.4 is 5.32 Å². The Balaban J connectivity index is 2.17. The van der Waals surface area contributed by atoms with Crippen molar-refractivity contribution >= 4 is 17.4 Å². The first-order valence-corrected chi connectivity index (χ1v) is 7.12. The molecule has 1 aliphatic rings. The molecule has 0 spiro atoms. The molecule has 0 aliphatic carbocycles. The fraction of sp³-hybridized carbons (Fsp3) is 0.462. The van der Waals surface area contributed by atoms with Crippen molar-refractivity contribution in [1.82, 2.24) is 0 Å². The Hall–Kier alpha value is -1.35. The first kappa shape index (κ1) is 14.1. The van der Waals surface area contributed by atoms with Crippen LogP contribution in [0.3, 0.4) is 0 Å². The fourth-order valence-electron chi connectivity index (χ4n) is 2.06. The summed E-state index contributed by atoms with van der Waals surface area (Å²) in [7, 11) is 0. The molecule has 6 heteroatoms. The number of halogens is 3. The molecule has 1 N–H and O–H groups in total. The molecule has 0 bridgehead atoms. The predicted octanol–water partition coefficient (Wildman–Crippen LogP) is 3.88. The number of hydrogen-bond acceptors (Lipinski definition) is 3. The van der Waals surface area contributed by atoms with E-state index in [1.807, 2.05) is 11.8 Å². The highest BCUT2D eigenvalue weighted by atomic mass is 32.2. The summed E-state index contributed by atoms with van der Waals surface area (Å²) in [5, 5.41) is 12.0. The van der Waals surface area contributed by atoms with E-state index in [1.54, 1.807) is 6.07 Å². The van der Waals surface area contributed by atoms with E-state index in [2.05, 4.69) is 5.32 Å². The summed E-state index contributed by atoms with van der Waals surface area (Å²) < 4.78 is 38.0. The zero-order chi connectivity index (χ0) is 13.9. The molecule has 1 aromatic rings. The predicted molar refractivity (Wildman–Crippen MR) is 70.1 cm³/mol. The second-order valence-electron chi connectivity index (χ2n) is 4.43. The minimum atomic E-state index is -4.48.